The summed E-state index contributed by atoms with van der Waals surface area (Å²) in [7, 11) is 0. The van der Waals surface area contributed by atoms with Crippen LogP contribution in [-0.2, 0) is 11.3 Å². The van der Waals surface area contributed by atoms with E-state index in [9.17, 15) is 4.79 Å². The van der Waals surface area contributed by atoms with E-state index >= 15 is 0 Å². The van der Waals surface area contributed by atoms with Crippen LogP contribution in [-0.4, -0.2) is 41.2 Å². The van der Waals surface area contributed by atoms with Gasteiger partial charge in [0.1, 0.15) is 10.2 Å². The summed E-state index contributed by atoms with van der Waals surface area (Å²) in [6, 6.07) is 3.99. The van der Waals surface area contributed by atoms with E-state index in [-0.39, 0.29) is 6.09 Å². The van der Waals surface area contributed by atoms with Gasteiger partial charge in [-0.05, 0) is 60.7 Å². The van der Waals surface area contributed by atoms with E-state index in [0.717, 1.165) is 42.8 Å². The topological polar surface area (TPSA) is 54.5 Å². The second kappa shape index (κ2) is 7.42. The van der Waals surface area contributed by atoms with Crippen LogP contribution in [0.15, 0.2) is 22.9 Å². The van der Waals surface area contributed by atoms with Crippen molar-refractivity contribution in [3.8, 4) is 0 Å². The van der Waals surface area contributed by atoms with Crippen molar-refractivity contribution in [1.29, 1.82) is 0 Å². The van der Waals surface area contributed by atoms with Gasteiger partial charge in [-0.25, -0.2) is 9.78 Å². The van der Waals surface area contributed by atoms with Crippen LogP contribution in [0, 0.1) is 5.92 Å². The molecular weight excluding hydrogens is 346 g/mol. The molecule has 0 bridgehead atoms. The second-order valence-corrected chi connectivity index (χ2v) is 7.51. The molecule has 1 aromatic rings. The molecule has 1 unspecified atom stereocenters. The number of nitrogens with one attached hydrogen (secondary N) is 1. The molecule has 6 heteroatoms. The zero-order chi connectivity index (χ0) is 16.2. The number of carbonyl (C=O) groups excluding carboxylic acids is 1. The first-order chi connectivity index (χ1) is 10.3. The lowest BCUT2D eigenvalue weighted by Gasteiger charge is -2.24. The first-order valence-electron chi connectivity index (χ1n) is 7.62. The third kappa shape index (κ3) is 5.57. The van der Waals surface area contributed by atoms with Gasteiger partial charge in [-0.3, -0.25) is 0 Å². The molecule has 122 valence electrons. The molecule has 1 fully saturated rings. The molecular formula is C16H24BrN3O2. The number of pyridine rings is 1. The fourth-order valence-corrected chi connectivity index (χ4v) is 2.66. The number of likely N-dealkylation sites (tertiary alicyclic amines) is 1. The van der Waals surface area contributed by atoms with Crippen molar-refractivity contribution in [2.75, 3.05) is 19.6 Å². The first-order valence-corrected chi connectivity index (χ1v) is 8.42. The molecule has 1 N–H and O–H groups in total. The molecule has 0 radical (unpaired) electrons. The number of amides is 1. The van der Waals surface area contributed by atoms with Gasteiger partial charge in [0.2, 0.25) is 0 Å². The minimum Gasteiger partial charge on any atom is -0.444 e. The Morgan fingerprint density at radius 2 is 2.27 bits per heavy atom. The molecule has 2 heterocycles. The highest BCUT2D eigenvalue weighted by atomic mass is 79.9. The third-order valence-electron chi connectivity index (χ3n) is 3.49. The number of carbonyl (C=O) groups is 1. The molecule has 1 aromatic heterocycles. The molecule has 0 aromatic carbocycles. The Labute approximate surface area is 140 Å². The lowest BCUT2D eigenvalue weighted by Crippen LogP contribution is -2.36. The van der Waals surface area contributed by atoms with Gasteiger partial charge in [0, 0.05) is 32.4 Å². The van der Waals surface area contributed by atoms with Crippen molar-refractivity contribution in [2.24, 2.45) is 5.92 Å². The first kappa shape index (κ1) is 17.2. The Balaban J connectivity index is 1.70. The van der Waals surface area contributed by atoms with Crippen molar-refractivity contribution >= 4 is 22.0 Å². The summed E-state index contributed by atoms with van der Waals surface area (Å²) < 4.78 is 6.26. The van der Waals surface area contributed by atoms with Gasteiger partial charge in [-0.15, -0.1) is 0 Å². The Morgan fingerprint density at radius 3 is 2.91 bits per heavy atom. The van der Waals surface area contributed by atoms with Crippen LogP contribution in [0.3, 0.4) is 0 Å². The summed E-state index contributed by atoms with van der Waals surface area (Å²) in [4.78, 5) is 18.0. The average molecular weight is 370 g/mol. The van der Waals surface area contributed by atoms with Gasteiger partial charge in [-0.1, -0.05) is 6.07 Å². The van der Waals surface area contributed by atoms with Gasteiger partial charge in [0.05, 0.1) is 0 Å². The fourth-order valence-electron chi connectivity index (χ4n) is 2.42. The van der Waals surface area contributed by atoms with E-state index in [0.29, 0.717) is 5.92 Å². The van der Waals surface area contributed by atoms with E-state index in [2.05, 4.69) is 26.2 Å². The van der Waals surface area contributed by atoms with Crippen molar-refractivity contribution in [3.63, 3.8) is 0 Å². The zero-order valence-electron chi connectivity index (χ0n) is 13.4. The maximum absolute atomic E-state index is 12.0. The summed E-state index contributed by atoms with van der Waals surface area (Å²) in [6.45, 7) is 8.92. The van der Waals surface area contributed by atoms with E-state index in [1.165, 1.54) is 0 Å². The molecule has 1 aliphatic heterocycles. The minimum atomic E-state index is -0.429. The fraction of sp³-hybridized carbons (Fsp3) is 0.625. The standard InChI is InChI=1S/C16H24BrN3O2/c1-16(2,3)22-15(21)20-7-6-13(11-20)9-18-8-12-4-5-14(17)19-10-12/h4-5,10,13,18H,6-9,11H2,1-3H3. The van der Waals surface area contributed by atoms with E-state index in [1.807, 2.05) is 39.1 Å². The Hall–Kier alpha value is -1.14. The molecule has 5 nitrogen and oxygen atoms in total. The molecule has 22 heavy (non-hydrogen) atoms. The van der Waals surface area contributed by atoms with Crippen molar-refractivity contribution in [3.05, 3.63) is 28.5 Å². The van der Waals surface area contributed by atoms with Crippen LogP contribution in [0.25, 0.3) is 0 Å². The molecule has 1 amide bonds. The SMILES string of the molecule is CC(C)(C)OC(=O)N1CCC(CNCc2ccc(Br)nc2)C1. The molecule has 1 saturated heterocycles. The number of rotatable bonds is 4. The molecule has 1 atom stereocenters. The van der Waals surface area contributed by atoms with Crippen LogP contribution < -0.4 is 5.32 Å². The van der Waals surface area contributed by atoms with Gasteiger partial charge in [0.25, 0.3) is 0 Å². The highest BCUT2D eigenvalue weighted by Crippen LogP contribution is 2.19. The zero-order valence-corrected chi connectivity index (χ0v) is 15.0. The maximum Gasteiger partial charge on any atom is 0.410 e. The van der Waals surface area contributed by atoms with Gasteiger partial charge in [-0.2, -0.15) is 0 Å². The third-order valence-corrected chi connectivity index (χ3v) is 3.96. The quantitative estimate of drug-likeness (QED) is 0.828. The molecule has 0 saturated carbocycles. The predicted octanol–water partition coefficient (Wildman–Crippen LogP) is 3.19. The van der Waals surface area contributed by atoms with Gasteiger partial charge in [0.15, 0.2) is 0 Å². The summed E-state index contributed by atoms with van der Waals surface area (Å²) in [5.74, 6) is 0.482. The van der Waals surface area contributed by atoms with Crippen molar-refractivity contribution in [2.45, 2.75) is 39.3 Å². The Morgan fingerprint density at radius 1 is 1.50 bits per heavy atom. The number of halogens is 1. The highest BCUT2D eigenvalue weighted by Gasteiger charge is 2.29. The van der Waals surface area contributed by atoms with Crippen LogP contribution in [0.2, 0.25) is 0 Å². The van der Waals surface area contributed by atoms with Crippen molar-refractivity contribution in [1.82, 2.24) is 15.2 Å². The predicted molar refractivity (Wildman–Crippen MR) is 89.6 cm³/mol. The number of nitrogens with zero attached hydrogens (tertiary/aromatic N) is 2. The second-order valence-electron chi connectivity index (χ2n) is 6.70. The van der Waals surface area contributed by atoms with Crippen LogP contribution >= 0.6 is 15.9 Å². The molecule has 0 spiro atoms. The largest absolute Gasteiger partial charge is 0.444 e. The van der Waals surface area contributed by atoms with Crippen LogP contribution in [0.5, 0.6) is 0 Å². The highest BCUT2D eigenvalue weighted by molar-refractivity contribution is 9.10. The van der Waals surface area contributed by atoms with Crippen LogP contribution in [0.1, 0.15) is 32.8 Å². The summed E-state index contributed by atoms with van der Waals surface area (Å²) in [5, 5.41) is 3.44. The molecule has 1 aliphatic rings. The van der Waals surface area contributed by atoms with Gasteiger partial charge < -0.3 is 15.0 Å². The van der Waals surface area contributed by atoms with Crippen molar-refractivity contribution < 1.29 is 9.53 Å². The lowest BCUT2D eigenvalue weighted by atomic mass is 10.1. The van der Waals surface area contributed by atoms with E-state index < -0.39 is 5.60 Å². The number of hydrogen-bond donors (Lipinski definition) is 1. The summed E-state index contributed by atoms with van der Waals surface area (Å²) in [6.07, 6.45) is 2.68. The number of hydrogen-bond acceptors (Lipinski definition) is 4. The average Bonchev–Trinajstić information content (AvgIpc) is 2.88. The summed E-state index contributed by atoms with van der Waals surface area (Å²) in [5.41, 5.74) is 0.729. The van der Waals surface area contributed by atoms with E-state index in [4.69, 9.17) is 4.74 Å². The Kier molecular flexibility index (Phi) is 5.81. The molecule has 2 rings (SSSR count). The smallest absolute Gasteiger partial charge is 0.410 e. The maximum atomic E-state index is 12.0. The Bertz CT molecular complexity index is 499. The number of ether oxygens (including phenoxy) is 1. The molecule has 0 aliphatic carbocycles. The summed E-state index contributed by atoms with van der Waals surface area (Å²) >= 11 is 3.33. The van der Waals surface area contributed by atoms with Crippen LogP contribution in [0.4, 0.5) is 4.79 Å². The minimum absolute atomic E-state index is 0.202. The monoisotopic (exact) mass is 369 g/mol. The van der Waals surface area contributed by atoms with Gasteiger partial charge >= 0.3 is 6.09 Å². The van der Waals surface area contributed by atoms with E-state index in [1.54, 1.807) is 4.90 Å². The lowest BCUT2D eigenvalue weighted by molar-refractivity contribution is 0.0288. The number of aromatic nitrogens is 1. The normalized spacial score (nSPS) is 18.5.